The summed E-state index contributed by atoms with van der Waals surface area (Å²) in [7, 11) is 1.87. The van der Waals surface area contributed by atoms with Gasteiger partial charge in [-0.05, 0) is 18.9 Å². The molecule has 2 heterocycles. The van der Waals surface area contributed by atoms with E-state index in [1.165, 1.54) is 12.8 Å². The zero-order valence-corrected chi connectivity index (χ0v) is 9.09. The van der Waals surface area contributed by atoms with E-state index < -0.39 is 0 Å². The lowest BCUT2D eigenvalue weighted by molar-refractivity contribution is 0.768. The highest BCUT2D eigenvalue weighted by molar-refractivity contribution is 5.52. The Balaban J connectivity index is 2.10. The standard InChI is InChI=1S/C11H13N5/c1-16-9(4-5-13-16)11-14-8(7-2-3-7)6-10(12)15-11/h4-7H,2-3H2,1H3,(H2,12,14,15). The molecule has 0 atom stereocenters. The van der Waals surface area contributed by atoms with E-state index >= 15 is 0 Å². The Kier molecular flexibility index (Phi) is 1.92. The highest BCUT2D eigenvalue weighted by Crippen LogP contribution is 2.39. The van der Waals surface area contributed by atoms with Gasteiger partial charge >= 0.3 is 0 Å². The molecule has 0 amide bonds. The van der Waals surface area contributed by atoms with Crippen LogP contribution in [-0.4, -0.2) is 19.7 Å². The van der Waals surface area contributed by atoms with Gasteiger partial charge in [0.1, 0.15) is 11.5 Å². The van der Waals surface area contributed by atoms with Crippen molar-refractivity contribution < 1.29 is 0 Å². The Morgan fingerprint density at radius 1 is 1.38 bits per heavy atom. The van der Waals surface area contributed by atoms with Crippen LogP contribution in [0.5, 0.6) is 0 Å². The van der Waals surface area contributed by atoms with Gasteiger partial charge in [0.25, 0.3) is 0 Å². The van der Waals surface area contributed by atoms with Gasteiger partial charge in [0.05, 0.1) is 0 Å². The molecule has 0 spiro atoms. The molecule has 2 aromatic rings. The summed E-state index contributed by atoms with van der Waals surface area (Å²) >= 11 is 0. The monoisotopic (exact) mass is 215 g/mol. The van der Waals surface area contributed by atoms with Crippen LogP contribution in [0.25, 0.3) is 11.5 Å². The lowest BCUT2D eigenvalue weighted by Gasteiger charge is -2.04. The SMILES string of the molecule is Cn1nccc1-c1nc(N)cc(C2CC2)n1. The molecule has 3 rings (SSSR count). The number of anilines is 1. The van der Waals surface area contributed by atoms with E-state index in [0.29, 0.717) is 17.6 Å². The minimum absolute atomic E-state index is 0.535. The number of aryl methyl sites for hydroxylation is 1. The largest absolute Gasteiger partial charge is 0.384 e. The Morgan fingerprint density at radius 2 is 2.19 bits per heavy atom. The summed E-state index contributed by atoms with van der Waals surface area (Å²) in [6.45, 7) is 0. The number of hydrogen-bond acceptors (Lipinski definition) is 4. The summed E-state index contributed by atoms with van der Waals surface area (Å²) in [5.41, 5.74) is 7.76. The Hall–Kier alpha value is -1.91. The zero-order valence-electron chi connectivity index (χ0n) is 9.09. The average Bonchev–Trinajstić information content (AvgIpc) is 3.01. The lowest BCUT2D eigenvalue weighted by Crippen LogP contribution is -2.02. The quantitative estimate of drug-likeness (QED) is 0.820. The predicted molar refractivity (Wildman–Crippen MR) is 60.6 cm³/mol. The van der Waals surface area contributed by atoms with Gasteiger partial charge in [-0.2, -0.15) is 5.10 Å². The van der Waals surface area contributed by atoms with Gasteiger partial charge in [0.2, 0.25) is 0 Å². The molecule has 5 heteroatoms. The summed E-state index contributed by atoms with van der Waals surface area (Å²) in [5, 5.41) is 4.11. The van der Waals surface area contributed by atoms with Gasteiger partial charge in [0.15, 0.2) is 5.82 Å². The summed E-state index contributed by atoms with van der Waals surface area (Å²) in [6.07, 6.45) is 4.15. The number of hydrogen-bond donors (Lipinski definition) is 1. The van der Waals surface area contributed by atoms with Crippen LogP contribution in [0, 0.1) is 0 Å². The first-order chi connectivity index (χ1) is 7.74. The van der Waals surface area contributed by atoms with Crippen molar-refractivity contribution in [2.75, 3.05) is 5.73 Å². The zero-order chi connectivity index (χ0) is 11.1. The van der Waals surface area contributed by atoms with Crippen LogP contribution in [0.1, 0.15) is 24.5 Å². The van der Waals surface area contributed by atoms with E-state index in [-0.39, 0.29) is 0 Å². The third-order valence-corrected chi connectivity index (χ3v) is 2.81. The van der Waals surface area contributed by atoms with E-state index in [0.717, 1.165) is 11.4 Å². The van der Waals surface area contributed by atoms with Crippen molar-refractivity contribution in [3.8, 4) is 11.5 Å². The minimum atomic E-state index is 0.535. The van der Waals surface area contributed by atoms with Crippen LogP contribution in [-0.2, 0) is 7.05 Å². The van der Waals surface area contributed by atoms with Gasteiger partial charge in [-0.15, -0.1) is 0 Å². The van der Waals surface area contributed by atoms with Gasteiger partial charge in [-0.3, -0.25) is 4.68 Å². The van der Waals surface area contributed by atoms with Crippen molar-refractivity contribution in [2.45, 2.75) is 18.8 Å². The first kappa shape index (κ1) is 9.33. The fraction of sp³-hybridized carbons (Fsp3) is 0.364. The van der Waals surface area contributed by atoms with Crippen molar-refractivity contribution in [3.05, 3.63) is 24.0 Å². The van der Waals surface area contributed by atoms with Gasteiger partial charge < -0.3 is 5.73 Å². The van der Waals surface area contributed by atoms with Crippen LogP contribution in [0.4, 0.5) is 5.82 Å². The molecule has 5 nitrogen and oxygen atoms in total. The van der Waals surface area contributed by atoms with Crippen molar-refractivity contribution in [3.63, 3.8) is 0 Å². The van der Waals surface area contributed by atoms with Crippen LogP contribution in [0.3, 0.4) is 0 Å². The molecule has 2 aromatic heterocycles. The second-order valence-corrected chi connectivity index (χ2v) is 4.16. The molecular formula is C11H13N5. The van der Waals surface area contributed by atoms with E-state index in [1.54, 1.807) is 10.9 Å². The fourth-order valence-corrected chi connectivity index (χ4v) is 1.78. The molecule has 0 bridgehead atoms. The predicted octanol–water partition coefficient (Wildman–Crippen LogP) is 1.34. The minimum Gasteiger partial charge on any atom is -0.384 e. The first-order valence-corrected chi connectivity index (χ1v) is 5.37. The molecule has 0 saturated heterocycles. The third kappa shape index (κ3) is 1.54. The highest BCUT2D eigenvalue weighted by Gasteiger charge is 2.26. The normalized spacial score (nSPS) is 15.3. The summed E-state index contributed by atoms with van der Waals surface area (Å²) in [4.78, 5) is 8.80. The Morgan fingerprint density at radius 3 is 2.81 bits per heavy atom. The van der Waals surface area contributed by atoms with E-state index in [2.05, 4.69) is 15.1 Å². The smallest absolute Gasteiger partial charge is 0.180 e. The number of rotatable bonds is 2. The average molecular weight is 215 g/mol. The molecule has 0 aromatic carbocycles. The maximum atomic E-state index is 5.80. The second kappa shape index (κ2) is 3.30. The van der Waals surface area contributed by atoms with Crippen molar-refractivity contribution in [1.82, 2.24) is 19.7 Å². The second-order valence-electron chi connectivity index (χ2n) is 4.16. The number of nitrogens with zero attached hydrogens (tertiary/aromatic N) is 4. The van der Waals surface area contributed by atoms with Crippen LogP contribution >= 0.6 is 0 Å². The topological polar surface area (TPSA) is 69.6 Å². The number of nitrogen functional groups attached to an aromatic ring is 1. The maximum Gasteiger partial charge on any atom is 0.180 e. The summed E-state index contributed by atoms with van der Waals surface area (Å²) < 4.78 is 1.76. The highest BCUT2D eigenvalue weighted by atomic mass is 15.3. The Labute approximate surface area is 93.3 Å². The Bertz CT molecular complexity index is 527. The van der Waals surface area contributed by atoms with Crippen molar-refractivity contribution >= 4 is 5.82 Å². The molecule has 0 unspecified atom stereocenters. The maximum absolute atomic E-state index is 5.80. The molecule has 0 radical (unpaired) electrons. The molecule has 1 saturated carbocycles. The van der Waals surface area contributed by atoms with Crippen molar-refractivity contribution in [2.24, 2.45) is 7.05 Å². The van der Waals surface area contributed by atoms with E-state index in [1.807, 2.05) is 19.2 Å². The first-order valence-electron chi connectivity index (χ1n) is 5.37. The van der Waals surface area contributed by atoms with Gasteiger partial charge in [-0.25, -0.2) is 9.97 Å². The van der Waals surface area contributed by atoms with E-state index in [9.17, 15) is 0 Å². The molecule has 1 aliphatic carbocycles. The summed E-state index contributed by atoms with van der Waals surface area (Å²) in [6, 6.07) is 3.77. The lowest BCUT2D eigenvalue weighted by atomic mass is 10.2. The van der Waals surface area contributed by atoms with Crippen LogP contribution < -0.4 is 5.73 Å². The molecule has 82 valence electrons. The van der Waals surface area contributed by atoms with Crippen LogP contribution in [0.15, 0.2) is 18.3 Å². The molecule has 1 aliphatic rings. The number of nitrogens with two attached hydrogens (primary N) is 1. The fourth-order valence-electron chi connectivity index (χ4n) is 1.78. The van der Waals surface area contributed by atoms with Gasteiger partial charge in [-0.1, -0.05) is 0 Å². The summed E-state index contributed by atoms with van der Waals surface area (Å²) in [5.74, 6) is 1.78. The van der Waals surface area contributed by atoms with Crippen molar-refractivity contribution in [1.29, 1.82) is 0 Å². The van der Waals surface area contributed by atoms with E-state index in [4.69, 9.17) is 5.73 Å². The van der Waals surface area contributed by atoms with Crippen LogP contribution in [0.2, 0.25) is 0 Å². The third-order valence-electron chi connectivity index (χ3n) is 2.81. The number of aromatic nitrogens is 4. The molecule has 0 aliphatic heterocycles. The molecule has 2 N–H and O–H groups in total. The molecular weight excluding hydrogens is 202 g/mol. The molecule has 16 heavy (non-hydrogen) atoms. The molecule has 1 fully saturated rings. The van der Waals surface area contributed by atoms with Gasteiger partial charge in [0, 0.05) is 30.9 Å².